The molecular formula is C28H29N3O4. The van der Waals surface area contributed by atoms with Gasteiger partial charge < -0.3 is 19.5 Å². The first-order chi connectivity index (χ1) is 17.1. The van der Waals surface area contributed by atoms with Gasteiger partial charge in [0.1, 0.15) is 12.6 Å². The summed E-state index contributed by atoms with van der Waals surface area (Å²) in [4.78, 5) is 40.5. The van der Waals surface area contributed by atoms with Crippen LogP contribution in [0.15, 0.2) is 83.7 Å². The lowest BCUT2D eigenvalue weighted by molar-refractivity contribution is -0.136. The van der Waals surface area contributed by atoms with Gasteiger partial charge >= 0.3 is 6.09 Å². The number of hydrogen-bond donors (Lipinski definition) is 1. The highest BCUT2D eigenvalue weighted by atomic mass is 16.5. The number of pyridine rings is 1. The lowest BCUT2D eigenvalue weighted by Crippen LogP contribution is -2.55. The summed E-state index contributed by atoms with van der Waals surface area (Å²) in [6.07, 6.45) is 0.725. The molecule has 35 heavy (non-hydrogen) atoms. The maximum atomic E-state index is 13.7. The van der Waals surface area contributed by atoms with Crippen LogP contribution in [0, 0.1) is 5.92 Å². The number of carbonyl (C=O) groups excluding carboxylic acids is 2. The maximum Gasteiger partial charge on any atom is 0.408 e. The molecule has 1 fully saturated rings. The summed E-state index contributed by atoms with van der Waals surface area (Å²) in [5.74, 6) is 0.211. The van der Waals surface area contributed by atoms with Gasteiger partial charge in [0.05, 0.1) is 0 Å². The summed E-state index contributed by atoms with van der Waals surface area (Å²) >= 11 is 0. The third-order valence-electron chi connectivity index (χ3n) is 6.88. The molecule has 0 spiro atoms. The highest BCUT2D eigenvalue weighted by molar-refractivity contribution is 5.86. The number of carbonyl (C=O) groups is 2. The van der Waals surface area contributed by atoms with Gasteiger partial charge in [-0.05, 0) is 29.5 Å². The molecule has 1 N–H and O–H groups in total. The van der Waals surface area contributed by atoms with Gasteiger partial charge in [0.15, 0.2) is 0 Å². The number of nitrogens with zero attached hydrogens (tertiary/aromatic N) is 2. The van der Waals surface area contributed by atoms with Crippen LogP contribution in [0.4, 0.5) is 4.79 Å². The predicted molar refractivity (Wildman–Crippen MR) is 132 cm³/mol. The van der Waals surface area contributed by atoms with E-state index in [1.165, 1.54) is 0 Å². The summed E-state index contributed by atoms with van der Waals surface area (Å²) in [6.45, 7) is 1.86. The van der Waals surface area contributed by atoms with Crippen molar-refractivity contribution in [3.63, 3.8) is 0 Å². The van der Waals surface area contributed by atoms with E-state index in [-0.39, 0.29) is 29.9 Å². The number of likely N-dealkylation sites (tertiary alicyclic amines) is 1. The van der Waals surface area contributed by atoms with Crippen LogP contribution in [-0.2, 0) is 29.1 Å². The number of amides is 2. The number of ether oxygens (including phenoxy) is 1. The van der Waals surface area contributed by atoms with Crippen molar-refractivity contribution in [3.05, 3.63) is 106 Å². The van der Waals surface area contributed by atoms with Crippen LogP contribution in [0.1, 0.15) is 29.2 Å². The third kappa shape index (κ3) is 5.29. The molecule has 7 nitrogen and oxygen atoms in total. The van der Waals surface area contributed by atoms with E-state index in [0.717, 1.165) is 23.2 Å². The highest BCUT2D eigenvalue weighted by Crippen LogP contribution is 2.35. The normalized spacial score (nSPS) is 19.4. The molecule has 5 rings (SSSR count). The van der Waals surface area contributed by atoms with Gasteiger partial charge in [-0.1, -0.05) is 66.7 Å². The fraction of sp³-hybridized carbons (Fsp3) is 0.321. The van der Waals surface area contributed by atoms with Crippen LogP contribution in [0.2, 0.25) is 0 Å². The summed E-state index contributed by atoms with van der Waals surface area (Å²) in [5.41, 5.74) is 2.84. The highest BCUT2D eigenvalue weighted by Gasteiger charge is 2.38. The monoisotopic (exact) mass is 471 g/mol. The quantitative estimate of drug-likeness (QED) is 0.598. The molecular weight excluding hydrogens is 442 g/mol. The molecule has 0 aliphatic carbocycles. The van der Waals surface area contributed by atoms with Crippen LogP contribution >= 0.6 is 0 Å². The largest absolute Gasteiger partial charge is 0.445 e. The summed E-state index contributed by atoms with van der Waals surface area (Å²) in [5, 5.41) is 2.82. The molecule has 0 radical (unpaired) electrons. The van der Waals surface area contributed by atoms with E-state index in [9.17, 15) is 14.4 Å². The van der Waals surface area contributed by atoms with E-state index in [4.69, 9.17) is 4.74 Å². The molecule has 2 bridgehead atoms. The summed E-state index contributed by atoms with van der Waals surface area (Å²) < 4.78 is 7.26. The van der Waals surface area contributed by atoms with Crippen molar-refractivity contribution in [2.45, 2.75) is 38.0 Å². The fourth-order valence-corrected chi connectivity index (χ4v) is 5.25. The van der Waals surface area contributed by atoms with E-state index in [1.54, 1.807) is 12.1 Å². The van der Waals surface area contributed by atoms with Crippen LogP contribution < -0.4 is 10.9 Å². The van der Waals surface area contributed by atoms with Gasteiger partial charge in [-0.15, -0.1) is 0 Å². The van der Waals surface area contributed by atoms with Gasteiger partial charge in [0.2, 0.25) is 5.91 Å². The van der Waals surface area contributed by atoms with Gasteiger partial charge in [-0.3, -0.25) is 9.59 Å². The lowest BCUT2D eigenvalue weighted by atomic mass is 9.83. The zero-order chi connectivity index (χ0) is 24.2. The van der Waals surface area contributed by atoms with Crippen molar-refractivity contribution in [2.24, 2.45) is 5.92 Å². The molecule has 1 saturated heterocycles. The Morgan fingerprint density at radius 2 is 1.60 bits per heavy atom. The Labute approximate surface area is 204 Å². The SMILES string of the molecule is O=C(NC(Cc1ccccc1)C(=O)N1C[C@@H]2C[C@H](C1)c1cccc(=O)n1C2)OCc1ccccc1. The van der Waals surface area contributed by atoms with Crippen LogP contribution in [0.25, 0.3) is 0 Å². The number of rotatable bonds is 6. The minimum atomic E-state index is -0.738. The molecule has 3 atom stereocenters. The van der Waals surface area contributed by atoms with Crippen molar-refractivity contribution < 1.29 is 14.3 Å². The second-order valence-corrected chi connectivity index (χ2v) is 9.39. The number of hydrogen-bond acceptors (Lipinski definition) is 4. The zero-order valence-electron chi connectivity index (χ0n) is 19.5. The Hall–Kier alpha value is -3.87. The Bertz CT molecular complexity index is 1240. The van der Waals surface area contributed by atoms with E-state index in [0.29, 0.717) is 26.1 Å². The van der Waals surface area contributed by atoms with Gasteiger partial charge in [-0.25, -0.2) is 4.79 Å². The Balaban J connectivity index is 1.31. The Morgan fingerprint density at radius 3 is 2.34 bits per heavy atom. The summed E-state index contributed by atoms with van der Waals surface area (Å²) in [6, 6.07) is 23.7. The topological polar surface area (TPSA) is 80.6 Å². The number of nitrogens with one attached hydrogen (secondary N) is 1. The van der Waals surface area contributed by atoms with E-state index >= 15 is 0 Å². The minimum Gasteiger partial charge on any atom is -0.445 e. The Morgan fingerprint density at radius 1 is 0.886 bits per heavy atom. The van der Waals surface area contributed by atoms with Crippen molar-refractivity contribution in [2.75, 3.05) is 13.1 Å². The van der Waals surface area contributed by atoms with E-state index in [1.807, 2.05) is 76.2 Å². The number of aromatic nitrogens is 1. The van der Waals surface area contributed by atoms with Crippen molar-refractivity contribution >= 4 is 12.0 Å². The second-order valence-electron chi connectivity index (χ2n) is 9.39. The van der Waals surface area contributed by atoms with Crippen LogP contribution in [0.5, 0.6) is 0 Å². The first-order valence-corrected chi connectivity index (χ1v) is 12.1. The average Bonchev–Trinajstić information content (AvgIpc) is 2.88. The van der Waals surface area contributed by atoms with Gasteiger partial charge in [0.25, 0.3) is 5.56 Å². The molecule has 1 aromatic heterocycles. The first kappa shape index (κ1) is 22.9. The molecule has 2 aliphatic heterocycles. The molecule has 7 heteroatoms. The van der Waals surface area contributed by atoms with Crippen LogP contribution in [0.3, 0.4) is 0 Å². The molecule has 3 heterocycles. The smallest absolute Gasteiger partial charge is 0.408 e. The maximum absolute atomic E-state index is 13.7. The number of benzene rings is 2. The number of piperidine rings is 1. The van der Waals surface area contributed by atoms with Crippen LogP contribution in [-0.4, -0.2) is 40.6 Å². The molecule has 2 aliphatic rings. The summed E-state index contributed by atoms with van der Waals surface area (Å²) in [7, 11) is 0. The Kier molecular flexibility index (Phi) is 6.66. The molecule has 2 aromatic carbocycles. The minimum absolute atomic E-state index is 0.0155. The fourth-order valence-electron chi connectivity index (χ4n) is 5.25. The lowest BCUT2D eigenvalue weighted by Gasteiger charge is -2.43. The van der Waals surface area contributed by atoms with Gasteiger partial charge in [0, 0.05) is 43.7 Å². The van der Waals surface area contributed by atoms with Crippen molar-refractivity contribution in [1.29, 1.82) is 0 Å². The average molecular weight is 472 g/mol. The second kappa shape index (κ2) is 10.2. The molecule has 180 valence electrons. The molecule has 0 saturated carbocycles. The predicted octanol–water partition coefficient (Wildman–Crippen LogP) is 3.33. The molecule has 1 unspecified atom stereocenters. The van der Waals surface area contributed by atoms with Crippen molar-refractivity contribution in [1.82, 2.24) is 14.8 Å². The third-order valence-corrected chi connectivity index (χ3v) is 6.88. The number of alkyl carbamates (subject to hydrolysis) is 1. The zero-order valence-corrected chi connectivity index (χ0v) is 19.5. The first-order valence-electron chi connectivity index (χ1n) is 12.1. The van der Waals surface area contributed by atoms with E-state index in [2.05, 4.69) is 5.32 Å². The standard InChI is InChI=1S/C28H29N3O4/c32-26-13-7-12-25-23-14-22(17-31(25)26)16-30(18-23)27(33)24(15-20-8-3-1-4-9-20)29-28(34)35-19-21-10-5-2-6-11-21/h1-13,22-24H,14-19H2,(H,29,34)/t22-,23+,24?/m0/s1. The van der Waals surface area contributed by atoms with E-state index < -0.39 is 12.1 Å². The molecule has 2 amide bonds. The number of fused-ring (bicyclic) bond motifs is 4. The van der Waals surface area contributed by atoms with Gasteiger partial charge in [-0.2, -0.15) is 0 Å². The van der Waals surface area contributed by atoms with Crippen molar-refractivity contribution in [3.8, 4) is 0 Å². The molecule has 3 aromatic rings.